The Morgan fingerprint density at radius 2 is 1.89 bits per heavy atom. The summed E-state index contributed by atoms with van der Waals surface area (Å²) in [5.41, 5.74) is 0. The van der Waals surface area contributed by atoms with E-state index in [0.717, 1.165) is 11.8 Å². The fourth-order valence-corrected chi connectivity index (χ4v) is 1.30. The highest BCUT2D eigenvalue weighted by molar-refractivity contribution is 6.17. The molecule has 0 amide bonds. The second-order valence-electron chi connectivity index (χ2n) is 2.98. The van der Waals surface area contributed by atoms with Gasteiger partial charge in [0.1, 0.15) is 0 Å². The Labute approximate surface area is 62.6 Å². The minimum Gasteiger partial charge on any atom is -0.127 e. The van der Waals surface area contributed by atoms with Crippen molar-refractivity contribution in [1.82, 2.24) is 0 Å². The molecule has 1 rings (SSSR count). The van der Waals surface area contributed by atoms with Gasteiger partial charge in [0.2, 0.25) is 0 Å². The maximum absolute atomic E-state index is 5.53. The van der Waals surface area contributed by atoms with Gasteiger partial charge in [0.25, 0.3) is 0 Å². The van der Waals surface area contributed by atoms with E-state index in [0.29, 0.717) is 0 Å². The van der Waals surface area contributed by atoms with E-state index >= 15 is 0 Å². The molecule has 1 heteroatoms. The van der Waals surface area contributed by atoms with Gasteiger partial charge in [0.15, 0.2) is 0 Å². The van der Waals surface area contributed by atoms with Gasteiger partial charge in [-0.1, -0.05) is 32.1 Å². The second-order valence-corrected chi connectivity index (χ2v) is 3.36. The summed E-state index contributed by atoms with van der Waals surface area (Å²) in [6.45, 7) is 0. The molecule has 0 saturated heterocycles. The third kappa shape index (κ3) is 3.80. The van der Waals surface area contributed by atoms with Crippen molar-refractivity contribution in [2.75, 3.05) is 5.88 Å². The van der Waals surface area contributed by atoms with Gasteiger partial charge in [-0.25, -0.2) is 0 Å². The second kappa shape index (κ2) is 4.16. The van der Waals surface area contributed by atoms with Crippen LogP contribution in [-0.4, -0.2) is 5.88 Å². The van der Waals surface area contributed by atoms with Crippen molar-refractivity contribution in [3.8, 4) is 0 Å². The summed E-state index contributed by atoms with van der Waals surface area (Å²) in [7, 11) is 0. The predicted octanol–water partition coefficient (Wildman–Crippen LogP) is 3.20. The van der Waals surface area contributed by atoms with Gasteiger partial charge >= 0.3 is 0 Å². The molecule has 0 unspecified atom stereocenters. The van der Waals surface area contributed by atoms with E-state index in [9.17, 15) is 0 Å². The highest BCUT2D eigenvalue weighted by atomic mass is 35.5. The fourth-order valence-electron chi connectivity index (χ4n) is 1.11. The molecule has 1 fully saturated rings. The monoisotopic (exact) mass is 146 g/mol. The van der Waals surface area contributed by atoms with Crippen molar-refractivity contribution in [1.29, 1.82) is 0 Å². The molecule has 0 radical (unpaired) electrons. The lowest BCUT2D eigenvalue weighted by atomic mass is 10.1. The van der Waals surface area contributed by atoms with Gasteiger partial charge in [0, 0.05) is 5.88 Å². The van der Waals surface area contributed by atoms with Gasteiger partial charge in [-0.15, -0.1) is 11.6 Å². The molecular weight excluding hydrogens is 132 g/mol. The molecule has 0 aromatic heterocycles. The zero-order valence-corrected chi connectivity index (χ0v) is 6.66. The number of unbranched alkanes of at least 4 members (excludes halogenated alkanes) is 2. The van der Waals surface area contributed by atoms with Crippen LogP contribution >= 0.6 is 11.6 Å². The highest BCUT2D eigenvalue weighted by Crippen LogP contribution is 2.33. The Balaban J connectivity index is 1.71. The third-order valence-corrected chi connectivity index (χ3v) is 2.21. The minimum atomic E-state index is 0.852. The molecular formula is C8H15Cl. The average molecular weight is 147 g/mol. The number of hydrogen-bond acceptors (Lipinski definition) is 0. The Morgan fingerprint density at radius 1 is 1.11 bits per heavy atom. The van der Waals surface area contributed by atoms with Crippen LogP contribution in [-0.2, 0) is 0 Å². The first-order chi connectivity index (χ1) is 4.43. The van der Waals surface area contributed by atoms with E-state index in [1.54, 1.807) is 0 Å². The summed E-state index contributed by atoms with van der Waals surface area (Å²) in [5.74, 6) is 1.96. The van der Waals surface area contributed by atoms with Crippen molar-refractivity contribution in [3.05, 3.63) is 0 Å². The fraction of sp³-hybridized carbons (Fsp3) is 1.00. The number of rotatable bonds is 5. The quantitative estimate of drug-likeness (QED) is 0.413. The molecule has 0 spiro atoms. The van der Waals surface area contributed by atoms with Crippen LogP contribution in [0, 0.1) is 5.92 Å². The Hall–Kier alpha value is 0.290. The molecule has 0 N–H and O–H groups in total. The first-order valence-corrected chi connectivity index (χ1v) is 4.53. The smallest absolute Gasteiger partial charge is 0.0223 e. The van der Waals surface area contributed by atoms with E-state index in [4.69, 9.17) is 11.6 Å². The van der Waals surface area contributed by atoms with Crippen LogP contribution in [0.15, 0.2) is 0 Å². The van der Waals surface area contributed by atoms with Crippen LogP contribution < -0.4 is 0 Å². The molecule has 0 bridgehead atoms. The molecule has 1 aliphatic carbocycles. The first kappa shape index (κ1) is 7.40. The van der Waals surface area contributed by atoms with Gasteiger partial charge < -0.3 is 0 Å². The summed E-state index contributed by atoms with van der Waals surface area (Å²) in [4.78, 5) is 0. The molecule has 0 heterocycles. The SMILES string of the molecule is ClCCCCCC1CC1. The largest absolute Gasteiger partial charge is 0.127 e. The van der Waals surface area contributed by atoms with Crippen molar-refractivity contribution in [2.24, 2.45) is 5.92 Å². The summed E-state index contributed by atoms with van der Waals surface area (Å²) < 4.78 is 0. The minimum absolute atomic E-state index is 0.852. The number of hydrogen-bond donors (Lipinski definition) is 0. The lowest BCUT2D eigenvalue weighted by molar-refractivity contribution is 0.622. The standard InChI is InChI=1S/C8H15Cl/c9-7-3-1-2-4-8-5-6-8/h8H,1-7H2. The summed E-state index contributed by atoms with van der Waals surface area (Å²) in [6, 6.07) is 0. The molecule has 1 aliphatic rings. The van der Waals surface area contributed by atoms with Crippen molar-refractivity contribution in [2.45, 2.75) is 38.5 Å². The molecule has 54 valence electrons. The number of halogens is 1. The van der Waals surface area contributed by atoms with Crippen molar-refractivity contribution >= 4 is 11.6 Å². The Kier molecular flexibility index (Phi) is 3.42. The van der Waals surface area contributed by atoms with Gasteiger partial charge in [0.05, 0.1) is 0 Å². The van der Waals surface area contributed by atoms with Crippen LogP contribution in [0.1, 0.15) is 38.5 Å². The van der Waals surface area contributed by atoms with Gasteiger partial charge in [-0.05, 0) is 12.3 Å². The maximum Gasteiger partial charge on any atom is 0.0223 e. The molecule has 0 aromatic carbocycles. The normalized spacial score (nSPS) is 18.3. The zero-order chi connectivity index (χ0) is 6.53. The van der Waals surface area contributed by atoms with E-state index in [2.05, 4.69) is 0 Å². The highest BCUT2D eigenvalue weighted by Gasteiger charge is 2.19. The summed E-state index contributed by atoms with van der Waals surface area (Å²) >= 11 is 5.53. The lowest BCUT2D eigenvalue weighted by Crippen LogP contribution is -1.79. The van der Waals surface area contributed by atoms with Crippen molar-refractivity contribution < 1.29 is 0 Å². The molecule has 0 aromatic rings. The van der Waals surface area contributed by atoms with E-state index in [1.165, 1.54) is 38.5 Å². The summed E-state index contributed by atoms with van der Waals surface area (Å²) in [6.07, 6.45) is 8.45. The zero-order valence-electron chi connectivity index (χ0n) is 5.91. The van der Waals surface area contributed by atoms with Gasteiger partial charge in [-0.2, -0.15) is 0 Å². The van der Waals surface area contributed by atoms with Crippen molar-refractivity contribution in [3.63, 3.8) is 0 Å². The van der Waals surface area contributed by atoms with Crippen LogP contribution in [0.2, 0.25) is 0 Å². The van der Waals surface area contributed by atoms with Crippen LogP contribution in [0.25, 0.3) is 0 Å². The van der Waals surface area contributed by atoms with Crippen LogP contribution in [0.5, 0.6) is 0 Å². The topological polar surface area (TPSA) is 0 Å². The molecule has 0 atom stereocenters. The van der Waals surface area contributed by atoms with E-state index < -0.39 is 0 Å². The average Bonchev–Trinajstić information content (AvgIpc) is 2.63. The van der Waals surface area contributed by atoms with E-state index in [-0.39, 0.29) is 0 Å². The van der Waals surface area contributed by atoms with Crippen LogP contribution in [0.3, 0.4) is 0 Å². The molecule has 0 aliphatic heterocycles. The van der Waals surface area contributed by atoms with Gasteiger partial charge in [-0.3, -0.25) is 0 Å². The molecule has 9 heavy (non-hydrogen) atoms. The Bertz CT molecular complexity index is 67.0. The predicted molar refractivity (Wildman–Crippen MR) is 41.9 cm³/mol. The van der Waals surface area contributed by atoms with E-state index in [1.807, 2.05) is 0 Å². The Morgan fingerprint density at radius 3 is 2.44 bits per heavy atom. The molecule has 0 nitrogen and oxygen atoms in total. The lowest BCUT2D eigenvalue weighted by Gasteiger charge is -1.94. The van der Waals surface area contributed by atoms with Crippen LogP contribution in [0.4, 0.5) is 0 Å². The molecule has 1 saturated carbocycles. The summed E-state index contributed by atoms with van der Waals surface area (Å²) in [5, 5.41) is 0. The third-order valence-electron chi connectivity index (χ3n) is 1.94. The number of alkyl halides is 1. The maximum atomic E-state index is 5.53. The first-order valence-electron chi connectivity index (χ1n) is 3.99.